The van der Waals surface area contributed by atoms with E-state index in [4.69, 9.17) is 4.74 Å². The zero-order valence-corrected chi connectivity index (χ0v) is 16.6. The maximum atomic E-state index is 12.8. The molecule has 152 valence electrons. The molecule has 0 atom stereocenters. The van der Waals surface area contributed by atoms with Crippen LogP contribution in [0.5, 0.6) is 0 Å². The van der Waals surface area contributed by atoms with Gasteiger partial charge in [0.05, 0.1) is 10.6 Å². The lowest BCUT2D eigenvalue weighted by atomic mass is 9.93. The number of nitro benzene ring substituents is 1. The molecule has 1 aromatic rings. The van der Waals surface area contributed by atoms with E-state index in [1.54, 1.807) is 15.9 Å². The fraction of sp³-hybridized carbons (Fsp3) is 0.600. The Hall–Kier alpha value is -2.64. The van der Waals surface area contributed by atoms with Gasteiger partial charge in [-0.2, -0.15) is 0 Å². The SMILES string of the molecule is CC(C)(C)OC(=O)N1CCC(CC(=O)N2CCc3ccc([N+](=O)[O-])cc32)CC1. The first kappa shape index (κ1) is 20.1. The second kappa shape index (κ2) is 7.77. The number of carbonyl (C=O) groups is 2. The van der Waals surface area contributed by atoms with Gasteiger partial charge in [-0.15, -0.1) is 0 Å². The van der Waals surface area contributed by atoms with E-state index in [2.05, 4.69) is 0 Å². The number of nitro groups is 1. The van der Waals surface area contributed by atoms with Gasteiger partial charge in [0.15, 0.2) is 0 Å². The molecular formula is C20H27N3O5. The van der Waals surface area contributed by atoms with Crippen molar-refractivity contribution in [3.8, 4) is 0 Å². The molecule has 0 radical (unpaired) electrons. The van der Waals surface area contributed by atoms with Crippen molar-refractivity contribution >= 4 is 23.4 Å². The summed E-state index contributed by atoms with van der Waals surface area (Å²) in [6.45, 7) is 7.24. The van der Waals surface area contributed by atoms with Gasteiger partial charge in [-0.25, -0.2) is 4.79 Å². The fourth-order valence-electron chi connectivity index (χ4n) is 3.74. The Bertz CT molecular complexity index is 779. The molecule has 0 saturated carbocycles. The molecule has 2 aliphatic rings. The number of amides is 2. The van der Waals surface area contributed by atoms with Crippen molar-refractivity contribution in [3.05, 3.63) is 33.9 Å². The van der Waals surface area contributed by atoms with Gasteiger partial charge in [0.2, 0.25) is 5.91 Å². The van der Waals surface area contributed by atoms with Gasteiger partial charge in [-0.1, -0.05) is 6.07 Å². The van der Waals surface area contributed by atoms with Gasteiger partial charge in [-0.3, -0.25) is 14.9 Å². The lowest BCUT2D eigenvalue weighted by Crippen LogP contribution is -2.42. The summed E-state index contributed by atoms with van der Waals surface area (Å²) in [5, 5.41) is 11.0. The Balaban J connectivity index is 1.56. The average molecular weight is 389 g/mol. The topological polar surface area (TPSA) is 93.0 Å². The predicted molar refractivity (Wildman–Crippen MR) is 104 cm³/mol. The van der Waals surface area contributed by atoms with Crippen molar-refractivity contribution in [3.63, 3.8) is 0 Å². The van der Waals surface area contributed by atoms with Gasteiger partial charge in [0.25, 0.3) is 5.69 Å². The minimum Gasteiger partial charge on any atom is -0.444 e. The van der Waals surface area contributed by atoms with Crippen molar-refractivity contribution in [1.82, 2.24) is 4.90 Å². The maximum Gasteiger partial charge on any atom is 0.410 e. The van der Waals surface area contributed by atoms with Crippen LogP contribution in [-0.2, 0) is 16.0 Å². The first-order valence-electron chi connectivity index (χ1n) is 9.69. The van der Waals surface area contributed by atoms with E-state index in [9.17, 15) is 19.7 Å². The van der Waals surface area contributed by atoms with E-state index < -0.39 is 10.5 Å². The van der Waals surface area contributed by atoms with Crippen molar-refractivity contribution in [2.45, 2.75) is 52.1 Å². The third kappa shape index (κ3) is 4.61. The Labute approximate surface area is 164 Å². The second-order valence-corrected chi connectivity index (χ2v) is 8.48. The van der Waals surface area contributed by atoms with Crippen LogP contribution >= 0.6 is 0 Å². The summed E-state index contributed by atoms with van der Waals surface area (Å²) in [5.74, 6) is 0.198. The number of benzene rings is 1. The van der Waals surface area contributed by atoms with Gasteiger partial charge in [-0.05, 0) is 51.5 Å². The third-order valence-electron chi connectivity index (χ3n) is 5.21. The molecule has 2 amide bonds. The normalized spacial score (nSPS) is 17.4. The highest BCUT2D eigenvalue weighted by Crippen LogP contribution is 2.33. The first-order valence-corrected chi connectivity index (χ1v) is 9.69. The zero-order valence-electron chi connectivity index (χ0n) is 16.6. The van der Waals surface area contributed by atoms with Gasteiger partial charge >= 0.3 is 6.09 Å². The van der Waals surface area contributed by atoms with Crippen LogP contribution in [0.25, 0.3) is 0 Å². The average Bonchev–Trinajstić information content (AvgIpc) is 3.04. The van der Waals surface area contributed by atoms with Crippen LogP contribution in [-0.4, -0.2) is 47.1 Å². The molecule has 2 aliphatic heterocycles. The van der Waals surface area contributed by atoms with Crippen LogP contribution in [0.1, 0.15) is 45.6 Å². The fourth-order valence-corrected chi connectivity index (χ4v) is 3.74. The Morgan fingerprint density at radius 3 is 2.50 bits per heavy atom. The Kier molecular flexibility index (Phi) is 5.58. The number of carbonyl (C=O) groups excluding carboxylic acids is 2. The molecule has 0 bridgehead atoms. The lowest BCUT2D eigenvalue weighted by Gasteiger charge is -2.33. The monoisotopic (exact) mass is 389 g/mol. The van der Waals surface area contributed by atoms with Gasteiger partial charge in [0, 0.05) is 38.2 Å². The summed E-state index contributed by atoms with van der Waals surface area (Å²) in [7, 11) is 0. The number of nitrogens with zero attached hydrogens (tertiary/aromatic N) is 3. The number of non-ortho nitro benzene ring substituents is 1. The minimum atomic E-state index is -0.518. The highest BCUT2D eigenvalue weighted by molar-refractivity contribution is 5.96. The predicted octanol–water partition coefficient (Wildman–Crippen LogP) is 3.52. The van der Waals surface area contributed by atoms with Crippen molar-refractivity contribution in [2.75, 3.05) is 24.5 Å². The second-order valence-electron chi connectivity index (χ2n) is 8.48. The number of fused-ring (bicyclic) bond motifs is 1. The molecule has 1 aromatic carbocycles. The van der Waals surface area contributed by atoms with Crippen LogP contribution in [0.15, 0.2) is 18.2 Å². The number of ether oxygens (including phenoxy) is 1. The first-order chi connectivity index (χ1) is 13.1. The largest absolute Gasteiger partial charge is 0.444 e. The van der Waals surface area contributed by atoms with E-state index in [-0.39, 0.29) is 23.6 Å². The Morgan fingerprint density at radius 2 is 1.89 bits per heavy atom. The summed E-state index contributed by atoms with van der Waals surface area (Å²) in [6.07, 6.45) is 2.31. The molecule has 8 heteroatoms. The van der Waals surface area contributed by atoms with Crippen molar-refractivity contribution in [1.29, 1.82) is 0 Å². The lowest BCUT2D eigenvalue weighted by molar-refractivity contribution is -0.384. The smallest absolute Gasteiger partial charge is 0.410 e. The number of anilines is 1. The highest BCUT2D eigenvalue weighted by Gasteiger charge is 2.31. The number of hydrogen-bond acceptors (Lipinski definition) is 5. The summed E-state index contributed by atoms with van der Waals surface area (Å²) < 4.78 is 5.40. The molecule has 0 unspecified atom stereocenters. The molecule has 3 rings (SSSR count). The molecular weight excluding hydrogens is 362 g/mol. The van der Waals surface area contributed by atoms with E-state index in [1.807, 2.05) is 20.8 Å². The van der Waals surface area contributed by atoms with E-state index in [0.717, 1.165) is 24.8 Å². The quantitative estimate of drug-likeness (QED) is 0.582. The van der Waals surface area contributed by atoms with Crippen LogP contribution in [0, 0.1) is 16.0 Å². The maximum absolute atomic E-state index is 12.8. The zero-order chi connectivity index (χ0) is 20.5. The number of rotatable bonds is 3. The minimum absolute atomic E-state index is 0.00381. The van der Waals surface area contributed by atoms with Gasteiger partial charge in [0.1, 0.15) is 5.60 Å². The van der Waals surface area contributed by atoms with Crippen LogP contribution in [0.3, 0.4) is 0 Å². The molecule has 2 heterocycles. The van der Waals surface area contributed by atoms with Crippen LogP contribution < -0.4 is 4.90 Å². The summed E-state index contributed by atoms with van der Waals surface area (Å²) in [4.78, 5) is 38.9. The Morgan fingerprint density at radius 1 is 1.21 bits per heavy atom. The number of likely N-dealkylation sites (tertiary alicyclic amines) is 1. The summed E-state index contributed by atoms with van der Waals surface area (Å²) in [6, 6.07) is 4.71. The molecule has 1 fully saturated rings. The summed E-state index contributed by atoms with van der Waals surface area (Å²) in [5.41, 5.74) is 1.11. The van der Waals surface area contributed by atoms with Crippen LogP contribution in [0.4, 0.5) is 16.2 Å². The molecule has 28 heavy (non-hydrogen) atoms. The van der Waals surface area contributed by atoms with E-state index >= 15 is 0 Å². The number of piperidine rings is 1. The van der Waals surface area contributed by atoms with E-state index in [0.29, 0.717) is 31.7 Å². The third-order valence-corrected chi connectivity index (χ3v) is 5.21. The molecule has 0 aliphatic carbocycles. The summed E-state index contributed by atoms with van der Waals surface area (Å²) >= 11 is 0. The van der Waals surface area contributed by atoms with Gasteiger partial charge < -0.3 is 14.5 Å². The standard InChI is InChI=1S/C20H27N3O5/c1-20(2,3)28-19(25)21-9-6-14(7-10-21)12-18(24)22-11-8-15-4-5-16(23(26)27)13-17(15)22/h4-5,13-14H,6-12H2,1-3H3. The van der Waals surface area contributed by atoms with E-state index in [1.165, 1.54) is 12.1 Å². The molecule has 8 nitrogen and oxygen atoms in total. The molecule has 0 aromatic heterocycles. The highest BCUT2D eigenvalue weighted by atomic mass is 16.6. The van der Waals surface area contributed by atoms with Crippen molar-refractivity contribution in [2.24, 2.45) is 5.92 Å². The molecule has 0 spiro atoms. The number of hydrogen-bond donors (Lipinski definition) is 0. The van der Waals surface area contributed by atoms with Crippen molar-refractivity contribution < 1.29 is 19.2 Å². The molecule has 0 N–H and O–H groups in total. The molecule has 1 saturated heterocycles. The van der Waals surface area contributed by atoms with Crippen LogP contribution in [0.2, 0.25) is 0 Å².